The fourth-order valence-corrected chi connectivity index (χ4v) is 4.58. The molecule has 28 heavy (non-hydrogen) atoms. The molecule has 1 atom stereocenters. The predicted octanol–water partition coefficient (Wildman–Crippen LogP) is 5.47. The highest BCUT2D eigenvalue weighted by Crippen LogP contribution is 2.33. The molecule has 1 N–H and O–H groups in total. The van der Waals surface area contributed by atoms with E-state index in [1.165, 1.54) is 0 Å². The molecule has 146 valence electrons. The maximum Gasteiger partial charge on any atom is 0.420 e. The van der Waals surface area contributed by atoms with Gasteiger partial charge in [0.15, 0.2) is 20.3 Å². The second-order valence-electron chi connectivity index (χ2n) is 6.46. The Hall–Kier alpha value is -2.44. The third-order valence-electron chi connectivity index (χ3n) is 4.15. The van der Waals surface area contributed by atoms with Gasteiger partial charge in [0.1, 0.15) is 12.4 Å². The Bertz CT molecular complexity index is 840. The van der Waals surface area contributed by atoms with Crippen LogP contribution < -0.4 is 4.74 Å². The van der Waals surface area contributed by atoms with Crippen LogP contribution in [0.4, 0.5) is 13.2 Å². The van der Waals surface area contributed by atoms with E-state index in [1.807, 2.05) is 48.5 Å². The van der Waals surface area contributed by atoms with Crippen molar-refractivity contribution in [2.45, 2.75) is 33.4 Å². The summed E-state index contributed by atoms with van der Waals surface area (Å²) in [5.41, 5.74) is -2.90. The second-order valence-corrected chi connectivity index (χ2v) is 8.49. The van der Waals surface area contributed by atoms with Crippen LogP contribution in [0.25, 0.3) is 0 Å². The van der Waals surface area contributed by atoms with E-state index < -0.39 is 18.4 Å². The van der Waals surface area contributed by atoms with Crippen molar-refractivity contribution in [2.24, 2.45) is 0 Å². The van der Waals surface area contributed by atoms with Gasteiger partial charge in [-0.25, -0.2) is 0 Å². The van der Waals surface area contributed by atoms with Crippen molar-refractivity contribution in [3.8, 4) is 5.75 Å². The molecule has 0 heterocycles. The van der Waals surface area contributed by atoms with Gasteiger partial charge in [0, 0.05) is 0 Å². The van der Waals surface area contributed by atoms with Gasteiger partial charge in [-0.1, -0.05) is 36.4 Å². The van der Waals surface area contributed by atoms with Crippen molar-refractivity contribution in [3.63, 3.8) is 0 Å². The molecule has 0 spiro atoms. The summed E-state index contributed by atoms with van der Waals surface area (Å²) in [6, 6.07) is 27.0. The molecule has 0 aliphatic rings. The first kappa shape index (κ1) is 20.3. The molecule has 0 aliphatic heterocycles. The highest BCUT2D eigenvalue weighted by Gasteiger charge is 2.50. The van der Waals surface area contributed by atoms with E-state index in [2.05, 4.69) is 24.3 Å². The van der Waals surface area contributed by atoms with Gasteiger partial charge in [0.2, 0.25) is 0 Å². The number of aliphatic hydroxyl groups is 1. The molecule has 0 aromatic heterocycles. The zero-order valence-corrected chi connectivity index (χ0v) is 16.0. The zero-order chi connectivity index (χ0) is 20.2. The maximum atomic E-state index is 12.8. The number of hydrogen-bond acceptors (Lipinski definition) is 2. The van der Waals surface area contributed by atoms with Crippen molar-refractivity contribution < 1.29 is 23.0 Å². The van der Waals surface area contributed by atoms with Gasteiger partial charge in [-0.05, 0) is 55.5 Å². The van der Waals surface area contributed by atoms with Crippen LogP contribution in [0.1, 0.15) is 6.92 Å². The summed E-state index contributed by atoms with van der Waals surface area (Å²) >= 11 is 0. The SMILES string of the molecule is CC(O)(COc1ccc([S+](c2ccccc2)c2ccccc2)cc1)C(F)(F)F. The van der Waals surface area contributed by atoms with Crippen LogP contribution in [-0.4, -0.2) is 23.5 Å². The molecule has 0 amide bonds. The lowest BCUT2D eigenvalue weighted by Gasteiger charge is -2.26. The number of alkyl halides is 3. The first-order valence-corrected chi connectivity index (χ1v) is 9.87. The van der Waals surface area contributed by atoms with E-state index in [1.54, 1.807) is 12.1 Å². The minimum Gasteiger partial charge on any atom is -0.490 e. The molecule has 0 fully saturated rings. The zero-order valence-electron chi connectivity index (χ0n) is 15.2. The van der Waals surface area contributed by atoms with E-state index in [9.17, 15) is 18.3 Å². The second kappa shape index (κ2) is 8.29. The summed E-state index contributed by atoms with van der Waals surface area (Å²) in [5.74, 6) is 0.276. The van der Waals surface area contributed by atoms with Crippen LogP contribution in [0, 0.1) is 0 Å². The van der Waals surface area contributed by atoms with Gasteiger partial charge < -0.3 is 9.84 Å². The van der Waals surface area contributed by atoms with E-state index >= 15 is 0 Å². The van der Waals surface area contributed by atoms with Crippen LogP contribution in [0.2, 0.25) is 0 Å². The van der Waals surface area contributed by atoms with Crippen molar-refractivity contribution in [2.75, 3.05) is 6.61 Å². The fraction of sp³-hybridized carbons (Fsp3) is 0.182. The minimum atomic E-state index is -4.75. The van der Waals surface area contributed by atoms with Gasteiger partial charge in [-0.3, -0.25) is 0 Å². The third kappa shape index (κ3) is 4.69. The Morgan fingerprint density at radius 2 is 1.18 bits per heavy atom. The molecule has 3 aromatic carbocycles. The fourth-order valence-electron chi connectivity index (χ4n) is 2.50. The summed E-state index contributed by atoms with van der Waals surface area (Å²) in [7, 11) is -0.343. The average Bonchev–Trinajstić information content (AvgIpc) is 2.68. The molecule has 0 saturated heterocycles. The van der Waals surface area contributed by atoms with Crippen LogP contribution >= 0.6 is 0 Å². The number of hydrogen-bond donors (Lipinski definition) is 1. The third-order valence-corrected chi connectivity index (χ3v) is 6.38. The monoisotopic (exact) mass is 405 g/mol. The Morgan fingerprint density at radius 3 is 1.61 bits per heavy atom. The Morgan fingerprint density at radius 1 is 0.750 bits per heavy atom. The van der Waals surface area contributed by atoms with Crippen LogP contribution in [-0.2, 0) is 10.9 Å². The van der Waals surface area contributed by atoms with Gasteiger partial charge in [-0.2, -0.15) is 13.2 Å². The molecule has 0 aliphatic carbocycles. The van der Waals surface area contributed by atoms with Crippen LogP contribution in [0.15, 0.2) is 99.6 Å². The van der Waals surface area contributed by atoms with Crippen molar-refractivity contribution >= 4 is 10.9 Å². The molecule has 6 heteroatoms. The van der Waals surface area contributed by atoms with E-state index in [4.69, 9.17) is 4.74 Å². The number of halogens is 3. The minimum absolute atomic E-state index is 0.276. The average molecular weight is 405 g/mol. The molecule has 3 aromatic rings. The number of rotatable bonds is 6. The lowest BCUT2D eigenvalue weighted by molar-refractivity contribution is -0.260. The van der Waals surface area contributed by atoms with Crippen molar-refractivity contribution in [1.29, 1.82) is 0 Å². The van der Waals surface area contributed by atoms with Gasteiger partial charge in [0.25, 0.3) is 0 Å². The van der Waals surface area contributed by atoms with Crippen LogP contribution in [0.5, 0.6) is 5.75 Å². The molecular formula is C22H20F3O2S+. The molecular weight excluding hydrogens is 385 g/mol. The van der Waals surface area contributed by atoms with Crippen molar-refractivity contribution in [1.82, 2.24) is 0 Å². The smallest absolute Gasteiger partial charge is 0.420 e. The summed E-state index contributed by atoms with van der Waals surface area (Å²) in [5, 5.41) is 9.50. The lowest BCUT2D eigenvalue weighted by Crippen LogP contribution is -2.47. The highest BCUT2D eigenvalue weighted by atomic mass is 32.2. The maximum absolute atomic E-state index is 12.8. The predicted molar refractivity (Wildman–Crippen MR) is 104 cm³/mol. The van der Waals surface area contributed by atoms with E-state index in [-0.39, 0.29) is 16.6 Å². The van der Waals surface area contributed by atoms with Gasteiger partial charge in [-0.15, -0.1) is 0 Å². The van der Waals surface area contributed by atoms with Gasteiger partial charge >= 0.3 is 6.18 Å². The molecule has 1 unspecified atom stereocenters. The Kier molecular flexibility index (Phi) is 6.01. The number of benzene rings is 3. The topological polar surface area (TPSA) is 29.5 Å². The highest BCUT2D eigenvalue weighted by molar-refractivity contribution is 7.97. The molecule has 0 saturated carbocycles. The number of ether oxygens (including phenoxy) is 1. The summed E-state index contributed by atoms with van der Waals surface area (Å²) < 4.78 is 43.4. The normalized spacial score (nSPS) is 13.9. The quantitative estimate of drug-likeness (QED) is 0.551. The lowest BCUT2D eigenvalue weighted by atomic mass is 10.1. The largest absolute Gasteiger partial charge is 0.490 e. The summed E-state index contributed by atoms with van der Waals surface area (Å²) in [6.07, 6.45) is -4.75. The Balaban J connectivity index is 1.83. The summed E-state index contributed by atoms with van der Waals surface area (Å²) in [6.45, 7) is -0.164. The molecule has 3 rings (SSSR count). The van der Waals surface area contributed by atoms with Crippen molar-refractivity contribution in [3.05, 3.63) is 84.9 Å². The van der Waals surface area contributed by atoms with E-state index in [0.717, 1.165) is 14.7 Å². The van der Waals surface area contributed by atoms with Gasteiger partial charge in [0.05, 0.1) is 10.9 Å². The molecule has 0 radical (unpaired) electrons. The first-order valence-electron chi connectivity index (χ1n) is 8.64. The van der Waals surface area contributed by atoms with Crippen LogP contribution in [0.3, 0.4) is 0 Å². The van der Waals surface area contributed by atoms with E-state index in [0.29, 0.717) is 6.92 Å². The first-order chi connectivity index (χ1) is 13.3. The summed E-state index contributed by atoms with van der Waals surface area (Å²) in [4.78, 5) is 3.30. The molecule has 0 bridgehead atoms. The standard InChI is InChI=1S/C22H20F3O2S/c1-21(26,22(23,24)25)16-27-17-12-14-20(15-13-17)28(18-8-4-2-5-9-18)19-10-6-3-7-11-19/h2-15,26H,16H2,1H3/q+1. The Labute approximate surface area is 165 Å². The molecule has 2 nitrogen and oxygen atoms in total.